The third-order valence-electron chi connectivity index (χ3n) is 11.8. The van der Waals surface area contributed by atoms with Crippen molar-refractivity contribution in [1.82, 2.24) is 0 Å². The maximum Gasteiger partial charge on any atom is 0.306 e. The van der Waals surface area contributed by atoms with Gasteiger partial charge in [-0.05, 0) is 77.0 Å². The van der Waals surface area contributed by atoms with E-state index in [1.807, 2.05) is 0 Å². The van der Waals surface area contributed by atoms with Crippen LogP contribution < -0.4 is 0 Å². The van der Waals surface area contributed by atoms with E-state index in [1.54, 1.807) is 0 Å². The van der Waals surface area contributed by atoms with Gasteiger partial charge in [0, 0.05) is 19.3 Å². The molecule has 0 amide bonds. The largest absolute Gasteiger partial charge is 0.462 e. The zero-order valence-electron chi connectivity index (χ0n) is 41.8. The van der Waals surface area contributed by atoms with Gasteiger partial charge in [0.1, 0.15) is 13.2 Å². The molecule has 0 fully saturated rings. The van der Waals surface area contributed by atoms with E-state index in [0.29, 0.717) is 19.3 Å². The third kappa shape index (κ3) is 50.2. The zero-order chi connectivity index (χ0) is 45.8. The minimum Gasteiger partial charge on any atom is -0.462 e. The molecule has 1 atom stereocenters. The summed E-state index contributed by atoms with van der Waals surface area (Å²) in [5.74, 6) is -0.890. The lowest BCUT2D eigenvalue weighted by Crippen LogP contribution is -2.30. The first kappa shape index (κ1) is 60.4. The predicted octanol–water partition coefficient (Wildman–Crippen LogP) is 17.9. The van der Waals surface area contributed by atoms with Gasteiger partial charge in [0.25, 0.3) is 0 Å². The van der Waals surface area contributed by atoms with Crippen LogP contribution in [-0.2, 0) is 28.6 Å². The Hall–Kier alpha value is -2.63. The van der Waals surface area contributed by atoms with E-state index in [-0.39, 0.29) is 31.1 Å². The number of carbonyl (C=O) groups is 3. The van der Waals surface area contributed by atoms with E-state index in [4.69, 9.17) is 14.2 Å². The molecule has 0 bridgehead atoms. The molecule has 0 aromatic rings. The Morgan fingerprint density at radius 3 is 1.02 bits per heavy atom. The Kier molecular flexibility index (Phi) is 49.8. The Morgan fingerprint density at radius 1 is 0.333 bits per heavy atom. The van der Waals surface area contributed by atoms with E-state index in [9.17, 15) is 14.4 Å². The molecule has 0 aromatic carbocycles. The van der Waals surface area contributed by atoms with Crippen LogP contribution in [0.2, 0.25) is 0 Å². The molecule has 0 N–H and O–H groups in total. The van der Waals surface area contributed by atoms with Crippen LogP contribution in [0, 0.1) is 0 Å². The summed E-state index contributed by atoms with van der Waals surface area (Å²) in [5, 5.41) is 0. The molecule has 0 radical (unpaired) electrons. The second-order valence-corrected chi connectivity index (χ2v) is 18.1. The van der Waals surface area contributed by atoms with Gasteiger partial charge in [-0.25, -0.2) is 0 Å². The van der Waals surface area contributed by atoms with Crippen LogP contribution in [-0.4, -0.2) is 37.2 Å². The minimum atomic E-state index is -0.780. The topological polar surface area (TPSA) is 78.9 Å². The lowest BCUT2D eigenvalue weighted by Gasteiger charge is -2.18. The number of rotatable bonds is 49. The number of ether oxygens (including phenoxy) is 3. The highest BCUT2D eigenvalue weighted by atomic mass is 16.6. The summed E-state index contributed by atoms with van der Waals surface area (Å²) < 4.78 is 16.8. The second kappa shape index (κ2) is 52.0. The van der Waals surface area contributed by atoms with Crippen molar-refractivity contribution in [2.75, 3.05) is 13.2 Å². The fourth-order valence-electron chi connectivity index (χ4n) is 7.75. The lowest BCUT2D eigenvalue weighted by atomic mass is 10.0. The second-order valence-electron chi connectivity index (χ2n) is 18.1. The van der Waals surface area contributed by atoms with Crippen LogP contribution in [0.5, 0.6) is 0 Å². The molecule has 0 saturated heterocycles. The van der Waals surface area contributed by atoms with Gasteiger partial charge in [-0.2, -0.15) is 0 Å². The number of unbranched alkanes of at least 4 members (excludes halogenated alkanes) is 30. The van der Waals surface area contributed by atoms with Gasteiger partial charge < -0.3 is 14.2 Å². The SMILES string of the molecule is CC/C=C\C/C=C\C/C=C\CCCCCCCCC(=O)OC(COC(=O)CCCCCCC/C=C\CCCCC)COC(=O)CCCCCCCCCCCCCCCCCCC. The standard InChI is InChI=1S/C57H102O6/c1-4-7-10-13-16-19-22-25-27-29-31-32-35-38-41-44-47-50-56(59)62-53-54(52-61-55(58)49-46-43-40-37-34-24-21-18-15-12-9-6-3)63-57(60)51-48-45-42-39-36-33-30-28-26-23-20-17-14-11-8-5-2/h8,11,17-18,20-21,26,28,54H,4-7,9-10,12-16,19,22-25,27,29-53H2,1-3H3/b11-8-,20-17-,21-18-,28-26-. The quantitative estimate of drug-likeness (QED) is 0.0262. The summed E-state index contributed by atoms with van der Waals surface area (Å²) in [7, 11) is 0. The Bertz CT molecular complexity index is 1110. The molecule has 0 aliphatic heterocycles. The normalized spacial score (nSPS) is 12.4. The molecular formula is C57H102O6. The number of carbonyl (C=O) groups excluding carboxylic acids is 3. The van der Waals surface area contributed by atoms with Crippen LogP contribution in [0.1, 0.15) is 278 Å². The molecule has 0 spiro atoms. The van der Waals surface area contributed by atoms with Gasteiger partial charge in [0.05, 0.1) is 0 Å². The Morgan fingerprint density at radius 2 is 0.619 bits per heavy atom. The van der Waals surface area contributed by atoms with Gasteiger partial charge >= 0.3 is 17.9 Å². The maximum atomic E-state index is 12.8. The smallest absolute Gasteiger partial charge is 0.306 e. The first-order valence-electron chi connectivity index (χ1n) is 27.1. The van der Waals surface area contributed by atoms with Gasteiger partial charge in [-0.3, -0.25) is 14.4 Å². The van der Waals surface area contributed by atoms with Crippen molar-refractivity contribution in [2.45, 2.75) is 284 Å². The molecule has 6 heteroatoms. The van der Waals surface area contributed by atoms with Crippen molar-refractivity contribution in [2.24, 2.45) is 0 Å². The fraction of sp³-hybridized carbons (Fsp3) is 0.807. The first-order valence-corrected chi connectivity index (χ1v) is 27.1. The van der Waals surface area contributed by atoms with Crippen molar-refractivity contribution >= 4 is 17.9 Å². The van der Waals surface area contributed by atoms with E-state index in [0.717, 1.165) is 96.3 Å². The van der Waals surface area contributed by atoms with Gasteiger partial charge in [0.2, 0.25) is 0 Å². The molecule has 0 heterocycles. The minimum absolute atomic E-state index is 0.0785. The molecule has 0 aliphatic carbocycles. The molecule has 0 aromatic heterocycles. The number of allylic oxidation sites excluding steroid dienone is 8. The molecule has 6 nitrogen and oxygen atoms in total. The number of hydrogen-bond acceptors (Lipinski definition) is 6. The van der Waals surface area contributed by atoms with E-state index in [2.05, 4.69) is 69.4 Å². The van der Waals surface area contributed by atoms with Gasteiger partial charge in [0.15, 0.2) is 6.10 Å². The van der Waals surface area contributed by atoms with Crippen LogP contribution in [0.4, 0.5) is 0 Å². The molecule has 1 unspecified atom stereocenters. The summed E-state index contributed by atoms with van der Waals surface area (Å²) in [6.45, 7) is 6.51. The number of hydrogen-bond donors (Lipinski definition) is 0. The Balaban J connectivity index is 4.36. The van der Waals surface area contributed by atoms with Crippen molar-refractivity contribution in [3.05, 3.63) is 48.6 Å². The monoisotopic (exact) mass is 883 g/mol. The molecule has 63 heavy (non-hydrogen) atoms. The maximum absolute atomic E-state index is 12.8. The summed E-state index contributed by atoms with van der Waals surface area (Å²) in [6, 6.07) is 0. The summed E-state index contributed by atoms with van der Waals surface area (Å²) in [5.41, 5.74) is 0. The average molecular weight is 883 g/mol. The van der Waals surface area contributed by atoms with Crippen LogP contribution in [0.3, 0.4) is 0 Å². The molecular weight excluding hydrogens is 781 g/mol. The van der Waals surface area contributed by atoms with Crippen LogP contribution >= 0.6 is 0 Å². The lowest BCUT2D eigenvalue weighted by molar-refractivity contribution is -0.167. The van der Waals surface area contributed by atoms with E-state index >= 15 is 0 Å². The van der Waals surface area contributed by atoms with Gasteiger partial charge in [-0.1, -0.05) is 230 Å². The predicted molar refractivity (Wildman–Crippen MR) is 270 cm³/mol. The van der Waals surface area contributed by atoms with Crippen molar-refractivity contribution in [3.63, 3.8) is 0 Å². The highest BCUT2D eigenvalue weighted by Crippen LogP contribution is 2.16. The summed E-state index contributed by atoms with van der Waals surface area (Å²) in [4.78, 5) is 38.0. The van der Waals surface area contributed by atoms with Crippen LogP contribution in [0.25, 0.3) is 0 Å². The third-order valence-corrected chi connectivity index (χ3v) is 11.8. The number of esters is 3. The molecule has 0 aliphatic rings. The van der Waals surface area contributed by atoms with Crippen LogP contribution in [0.15, 0.2) is 48.6 Å². The van der Waals surface area contributed by atoms with E-state index < -0.39 is 6.10 Å². The molecule has 0 saturated carbocycles. The van der Waals surface area contributed by atoms with Crippen molar-refractivity contribution < 1.29 is 28.6 Å². The van der Waals surface area contributed by atoms with E-state index in [1.165, 1.54) is 141 Å². The van der Waals surface area contributed by atoms with Crippen molar-refractivity contribution in [1.29, 1.82) is 0 Å². The zero-order valence-corrected chi connectivity index (χ0v) is 41.8. The van der Waals surface area contributed by atoms with Crippen molar-refractivity contribution in [3.8, 4) is 0 Å². The highest BCUT2D eigenvalue weighted by Gasteiger charge is 2.19. The average Bonchev–Trinajstić information content (AvgIpc) is 3.28. The summed E-state index contributed by atoms with van der Waals surface area (Å²) >= 11 is 0. The highest BCUT2D eigenvalue weighted by molar-refractivity contribution is 5.71. The first-order chi connectivity index (χ1) is 31.0. The summed E-state index contributed by atoms with van der Waals surface area (Å²) in [6.07, 6.45) is 62.4. The van der Waals surface area contributed by atoms with Gasteiger partial charge in [-0.15, -0.1) is 0 Å². The molecule has 366 valence electrons. The fourth-order valence-corrected chi connectivity index (χ4v) is 7.75. The Labute approximate surface area is 390 Å². The molecule has 0 rings (SSSR count).